The van der Waals surface area contributed by atoms with Crippen molar-refractivity contribution in [1.29, 1.82) is 0 Å². The van der Waals surface area contributed by atoms with Gasteiger partial charge in [-0.05, 0) is 6.42 Å². The third-order valence-electron chi connectivity index (χ3n) is 3.17. The Morgan fingerprint density at radius 3 is 1.85 bits per heavy atom. The minimum absolute atomic E-state index is 0.170. The Morgan fingerprint density at radius 1 is 1.00 bits per heavy atom. The van der Waals surface area contributed by atoms with E-state index in [4.69, 9.17) is 0 Å². The molecule has 0 saturated carbocycles. The number of amides is 2. The number of halogens is 6. The van der Waals surface area contributed by atoms with E-state index in [1.165, 1.54) is 6.92 Å². The van der Waals surface area contributed by atoms with Crippen LogP contribution in [-0.2, 0) is 29.6 Å². The zero-order chi connectivity index (χ0) is 20.7. The van der Waals surface area contributed by atoms with Gasteiger partial charge in [-0.15, -0.1) is 0 Å². The van der Waals surface area contributed by atoms with E-state index >= 15 is 0 Å². The summed E-state index contributed by atoms with van der Waals surface area (Å²) >= 11 is 0. The van der Waals surface area contributed by atoms with Crippen LogP contribution in [0.3, 0.4) is 0 Å². The van der Waals surface area contributed by atoms with Gasteiger partial charge < -0.3 is 0 Å². The molecule has 1 fully saturated rings. The standard InChI is InChI=1S/C10H12F6N2O6S2/c1-2-3-4-17-7(19)6(25(21,22)10(14,15)16)8(20)18(26(17,23)24)5-9(11,12)13/h6H,2-5H2,1H3. The van der Waals surface area contributed by atoms with E-state index in [-0.39, 0.29) is 12.8 Å². The van der Waals surface area contributed by atoms with Gasteiger partial charge >= 0.3 is 21.9 Å². The van der Waals surface area contributed by atoms with Crippen LogP contribution in [0.2, 0.25) is 0 Å². The summed E-state index contributed by atoms with van der Waals surface area (Å²) in [5.41, 5.74) is -6.16. The van der Waals surface area contributed by atoms with E-state index in [1.54, 1.807) is 0 Å². The molecule has 0 spiro atoms. The van der Waals surface area contributed by atoms with Gasteiger partial charge in [0, 0.05) is 6.54 Å². The van der Waals surface area contributed by atoms with Crippen molar-refractivity contribution in [2.24, 2.45) is 0 Å². The predicted molar refractivity (Wildman–Crippen MR) is 72.1 cm³/mol. The Labute approximate surface area is 143 Å². The average molecular weight is 434 g/mol. The van der Waals surface area contributed by atoms with Crippen LogP contribution in [0.1, 0.15) is 19.8 Å². The summed E-state index contributed by atoms with van der Waals surface area (Å²) in [6, 6.07) is 0. The van der Waals surface area contributed by atoms with Crippen molar-refractivity contribution < 1.29 is 52.8 Å². The Kier molecular flexibility index (Phi) is 5.93. The minimum atomic E-state index is -6.61. The number of unbranched alkanes of at least 4 members (excludes halogenated alkanes) is 1. The molecule has 0 aromatic rings. The maximum absolute atomic E-state index is 12.7. The van der Waals surface area contributed by atoms with E-state index < -0.39 is 70.5 Å². The van der Waals surface area contributed by atoms with Crippen LogP contribution in [0.25, 0.3) is 0 Å². The summed E-state index contributed by atoms with van der Waals surface area (Å²) in [6.07, 6.45) is -5.40. The van der Waals surface area contributed by atoms with Gasteiger partial charge in [0.05, 0.1) is 0 Å². The molecule has 1 unspecified atom stereocenters. The number of hydrogen-bond acceptors (Lipinski definition) is 6. The fourth-order valence-electron chi connectivity index (χ4n) is 1.96. The molecule has 0 radical (unpaired) electrons. The number of carbonyl (C=O) groups excluding carboxylic acids is 2. The van der Waals surface area contributed by atoms with Crippen molar-refractivity contribution in [3.8, 4) is 0 Å². The van der Waals surface area contributed by atoms with Gasteiger partial charge in [-0.2, -0.15) is 34.8 Å². The monoisotopic (exact) mass is 434 g/mol. The largest absolute Gasteiger partial charge is 0.498 e. The van der Waals surface area contributed by atoms with Gasteiger partial charge in [-0.3, -0.25) is 9.59 Å². The van der Waals surface area contributed by atoms with E-state index in [2.05, 4.69) is 0 Å². The topological polar surface area (TPSA) is 109 Å². The molecule has 26 heavy (non-hydrogen) atoms. The Morgan fingerprint density at radius 2 is 1.46 bits per heavy atom. The molecule has 1 rings (SSSR count). The number of nitrogens with zero attached hydrogens (tertiary/aromatic N) is 2. The summed E-state index contributed by atoms with van der Waals surface area (Å²) in [5.74, 6) is -4.89. The summed E-state index contributed by atoms with van der Waals surface area (Å²) < 4.78 is 121. The quantitative estimate of drug-likeness (QED) is 0.462. The number of sulfone groups is 1. The van der Waals surface area contributed by atoms with Crippen molar-refractivity contribution in [3.63, 3.8) is 0 Å². The van der Waals surface area contributed by atoms with Crippen molar-refractivity contribution in [3.05, 3.63) is 0 Å². The molecule has 0 bridgehead atoms. The highest BCUT2D eigenvalue weighted by Gasteiger charge is 2.64. The lowest BCUT2D eigenvalue weighted by atomic mass is 10.3. The van der Waals surface area contributed by atoms with Crippen LogP contribution in [0, 0.1) is 0 Å². The van der Waals surface area contributed by atoms with Crippen molar-refractivity contribution in [2.45, 2.75) is 36.7 Å². The van der Waals surface area contributed by atoms with Crippen LogP contribution in [-0.4, -0.2) is 67.3 Å². The van der Waals surface area contributed by atoms with Gasteiger partial charge in [-0.1, -0.05) is 13.3 Å². The van der Waals surface area contributed by atoms with Gasteiger partial charge in [0.25, 0.3) is 21.7 Å². The third kappa shape index (κ3) is 4.05. The molecule has 1 aliphatic rings. The number of carbonyl (C=O) groups is 2. The molecular formula is C10H12F6N2O6S2. The van der Waals surface area contributed by atoms with Crippen molar-refractivity contribution in [2.75, 3.05) is 13.1 Å². The minimum Gasteiger partial charge on any atom is -0.272 e. The van der Waals surface area contributed by atoms with Gasteiger partial charge in [0.15, 0.2) is 0 Å². The Bertz CT molecular complexity index is 788. The molecule has 1 heterocycles. The first-order valence-corrected chi connectivity index (χ1v) is 9.67. The zero-order valence-corrected chi connectivity index (χ0v) is 14.5. The second-order valence-electron chi connectivity index (χ2n) is 5.10. The van der Waals surface area contributed by atoms with Crippen LogP contribution >= 0.6 is 0 Å². The van der Waals surface area contributed by atoms with Crippen molar-refractivity contribution in [1.82, 2.24) is 8.61 Å². The van der Waals surface area contributed by atoms with Gasteiger partial charge in [0.2, 0.25) is 5.25 Å². The number of hydrogen-bond donors (Lipinski definition) is 0. The van der Waals surface area contributed by atoms with Crippen LogP contribution < -0.4 is 0 Å². The fourth-order valence-corrected chi connectivity index (χ4v) is 4.72. The third-order valence-corrected chi connectivity index (χ3v) is 6.62. The molecule has 8 nitrogen and oxygen atoms in total. The van der Waals surface area contributed by atoms with Crippen LogP contribution in [0.4, 0.5) is 26.3 Å². The molecule has 2 amide bonds. The SMILES string of the molecule is CCCCN1C(=O)C(S(=O)(=O)C(F)(F)F)C(=O)N(CC(F)(F)F)S1(=O)=O. The zero-order valence-electron chi connectivity index (χ0n) is 12.8. The number of alkyl halides is 6. The first kappa shape index (κ1) is 22.5. The molecule has 0 aromatic carbocycles. The Balaban J connectivity index is 3.59. The van der Waals surface area contributed by atoms with Crippen LogP contribution in [0.15, 0.2) is 0 Å². The normalized spacial score (nSPS) is 22.0. The van der Waals surface area contributed by atoms with E-state index in [1.807, 2.05) is 0 Å². The highest BCUT2D eigenvalue weighted by Crippen LogP contribution is 2.34. The molecule has 0 aromatic heterocycles. The summed E-state index contributed by atoms with van der Waals surface area (Å²) in [4.78, 5) is 23.9. The summed E-state index contributed by atoms with van der Waals surface area (Å²) in [7, 11) is -12.1. The molecule has 1 aliphatic heterocycles. The maximum atomic E-state index is 12.7. The second-order valence-corrected chi connectivity index (χ2v) is 8.90. The summed E-state index contributed by atoms with van der Waals surface area (Å²) in [5, 5.41) is -3.66. The molecular weight excluding hydrogens is 422 g/mol. The van der Waals surface area contributed by atoms with E-state index in [9.17, 15) is 52.8 Å². The predicted octanol–water partition coefficient (Wildman–Crippen LogP) is 0.568. The lowest BCUT2D eigenvalue weighted by Gasteiger charge is -2.37. The van der Waals surface area contributed by atoms with Crippen molar-refractivity contribution >= 4 is 31.9 Å². The average Bonchev–Trinajstić information content (AvgIpc) is 2.41. The lowest BCUT2D eigenvalue weighted by molar-refractivity contribution is -0.156. The highest BCUT2D eigenvalue weighted by molar-refractivity contribution is 7.95. The molecule has 152 valence electrons. The Hall–Kier alpha value is -1.58. The first-order chi connectivity index (χ1) is 11.5. The summed E-state index contributed by atoms with van der Waals surface area (Å²) in [6.45, 7) is -2.00. The molecule has 0 N–H and O–H groups in total. The smallest absolute Gasteiger partial charge is 0.272 e. The molecule has 1 saturated heterocycles. The van der Waals surface area contributed by atoms with E-state index in [0.29, 0.717) is 0 Å². The van der Waals surface area contributed by atoms with Crippen LogP contribution in [0.5, 0.6) is 0 Å². The highest BCUT2D eigenvalue weighted by atomic mass is 32.2. The lowest BCUT2D eigenvalue weighted by Crippen LogP contribution is -2.66. The number of rotatable bonds is 5. The van der Waals surface area contributed by atoms with E-state index in [0.717, 1.165) is 0 Å². The first-order valence-electron chi connectivity index (χ1n) is 6.73. The molecule has 0 aliphatic carbocycles. The molecule has 16 heteroatoms. The second kappa shape index (κ2) is 6.86. The fraction of sp³-hybridized carbons (Fsp3) is 0.800. The van der Waals surface area contributed by atoms with Gasteiger partial charge in [-0.25, -0.2) is 17.0 Å². The van der Waals surface area contributed by atoms with Gasteiger partial charge in [0.1, 0.15) is 6.54 Å². The maximum Gasteiger partial charge on any atom is 0.498 e. The molecule has 1 atom stereocenters.